The molecule has 1 saturated heterocycles. The maximum atomic E-state index is 5.31. The van der Waals surface area contributed by atoms with E-state index in [0.717, 1.165) is 36.6 Å². The summed E-state index contributed by atoms with van der Waals surface area (Å²) in [6, 6.07) is 0. The average molecular weight is 213 g/mol. The van der Waals surface area contributed by atoms with E-state index in [-0.39, 0.29) is 0 Å². The molecule has 0 spiro atoms. The molecule has 4 nitrogen and oxygen atoms in total. The predicted molar refractivity (Wildman–Crippen MR) is 56.7 cm³/mol. The number of hydrogen-bond donors (Lipinski definition) is 1. The number of aromatic nitrogens is 2. The number of rotatable bonds is 4. The lowest BCUT2D eigenvalue weighted by Crippen LogP contribution is -2.08. The second-order valence-electron chi connectivity index (χ2n) is 3.59. The number of hydrogen-bond acceptors (Lipinski definition) is 5. The highest BCUT2D eigenvalue weighted by Gasteiger charge is 2.14. The molecule has 1 aliphatic heterocycles. The quantitative estimate of drug-likeness (QED) is 0.826. The third-order valence-electron chi connectivity index (χ3n) is 2.38. The summed E-state index contributed by atoms with van der Waals surface area (Å²) in [7, 11) is 0. The molecule has 14 heavy (non-hydrogen) atoms. The molecule has 2 rings (SSSR count). The zero-order valence-corrected chi connectivity index (χ0v) is 9.14. The van der Waals surface area contributed by atoms with Gasteiger partial charge in [-0.05, 0) is 25.7 Å². The Labute approximate surface area is 87.9 Å². The molecule has 0 bridgehead atoms. The zero-order valence-electron chi connectivity index (χ0n) is 8.32. The van der Waals surface area contributed by atoms with Crippen LogP contribution in [0.25, 0.3) is 0 Å². The molecule has 2 heterocycles. The van der Waals surface area contributed by atoms with Crippen LogP contribution in [-0.4, -0.2) is 29.1 Å². The van der Waals surface area contributed by atoms with Crippen LogP contribution in [0.5, 0.6) is 0 Å². The Morgan fingerprint density at radius 1 is 1.64 bits per heavy atom. The van der Waals surface area contributed by atoms with Crippen molar-refractivity contribution in [3.05, 3.63) is 5.82 Å². The molecule has 1 atom stereocenters. The van der Waals surface area contributed by atoms with E-state index in [2.05, 4.69) is 14.7 Å². The van der Waals surface area contributed by atoms with Crippen molar-refractivity contribution in [2.24, 2.45) is 5.92 Å². The minimum atomic E-state index is 0.733. The highest BCUT2D eigenvalue weighted by molar-refractivity contribution is 7.09. The van der Waals surface area contributed by atoms with Crippen LogP contribution in [-0.2, 0) is 4.74 Å². The maximum Gasteiger partial charge on any atom is 0.202 e. The molecule has 0 aliphatic carbocycles. The van der Waals surface area contributed by atoms with E-state index < -0.39 is 0 Å². The first-order chi connectivity index (χ1) is 6.84. The third-order valence-corrected chi connectivity index (χ3v) is 3.14. The lowest BCUT2D eigenvalue weighted by molar-refractivity contribution is 0.185. The van der Waals surface area contributed by atoms with Gasteiger partial charge in [-0.2, -0.15) is 4.37 Å². The second kappa shape index (κ2) is 4.70. The minimum absolute atomic E-state index is 0.733. The topological polar surface area (TPSA) is 47.0 Å². The number of anilines is 1. The van der Waals surface area contributed by atoms with Crippen molar-refractivity contribution in [3.8, 4) is 0 Å². The van der Waals surface area contributed by atoms with Gasteiger partial charge in [-0.1, -0.05) is 0 Å². The molecule has 78 valence electrons. The molecule has 1 fully saturated rings. The van der Waals surface area contributed by atoms with Crippen LogP contribution in [0.3, 0.4) is 0 Å². The Balaban J connectivity index is 1.67. The molecule has 1 aromatic rings. The third kappa shape index (κ3) is 2.65. The normalized spacial score (nSPS) is 21.4. The molecular weight excluding hydrogens is 198 g/mol. The van der Waals surface area contributed by atoms with E-state index in [1.807, 2.05) is 6.92 Å². The lowest BCUT2D eigenvalue weighted by atomic mass is 10.1. The maximum absolute atomic E-state index is 5.31. The summed E-state index contributed by atoms with van der Waals surface area (Å²) in [6.45, 7) is 4.74. The molecule has 5 heteroatoms. The van der Waals surface area contributed by atoms with Crippen LogP contribution < -0.4 is 5.32 Å². The smallest absolute Gasteiger partial charge is 0.202 e. The first-order valence-corrected chi connectivity index (χ1v) is 5.74. The van der Waals surface area contributed by atoms with E-state index in [1.54, 1.807) is 0 Å². The van der Waals surface area contributed by atoms with Gasteiger partial charge >= 0.3 is 0 Å². The van der Waals surface area contributed by atoms with Crippen molar-refractivity contribution < 1.29 is 4.74 Å². The molecule has 0 amide bonds. The first-order valence-electron chi connectivity index (χ1n) is 4.96. The molecular formula is C9H15N3OS. The largest absolute Gasteiger partial charge is 0.381 e. The van der Waals surface area contributed by atoms with Crippen molar-refractivity contribution in [2.45, 2.75) is 19.8 Å². The van der Waals surface area contributed by atoms with Crippen LogP contribution in [0.15, 0.2) is 0 Å². The van der Waals surface area contributed by atoms with E-state index in [4.69, 9.17) is 4.74 Å². The fourth-order valence-electron chi connectivity index (χ4n) is 1.56. The van der Waals surface area contributed by atoms with E-state index in [0.29, 0.717) is 0 Å². The van der Waals surface area contributed by atoms with Gasteiger partial charge in [0, 0.05) is 31.3 Å². The van der Waals surface area contributed by atoms with E-state index >= 15 is 0 Å². The fourth-order valence-corrected chi connectivity index (χ4v) is 2.16. The summed E-state index contributed by atoms with van der Waals surface area (Å²) in [5.41, 5.74) is 0. The van der Waals surface area contributed by atoms with Crippen LogP contribution >= 0.6 is 11.5 Å². The summed E-state index contributed by atoms with van der Waals surface area (Å²) in [5, 5.41) is 4.21. The SMILES string of the molecule is Cc1nsc(NCCC2CCOC2)n1. The zero-order chi connectivity index (χ0) is 9.80. The van der Waals surface area contributed by atoms with Crippen molar-refractivity contribution in [2.75, 3.05) is 25.1 Å². The number of aryl methyl sites for hydroxylation is 1. The van der Waals surface area contributed by atoms with Gasteiger partial charge in [0.25, 0.3) is 0 Å². The van der Waals surface area contributed by atoms with Gasteiger partial charge in [0.1, 0.15) is 5.82 Å². The summed E-state index contributed by atoms with van der Waals surface area (Å²) >= 11 is 1.43. The monoisotopic (exact) mass is 213 g/mol. The molecule has 0 saturated carbocycles. The van der Waals surface area contributed by atoms with Gasteiger partial charge in [-0.3, -0.25) is 0 Å². The highest BCUT2D eigenvalue weighted by Crippen LogP contribution is 2.17. The molecule has 1 aromatic heterocycles. The highest BCUT2D eigenvalue weighted by atomic mass is 32.1. The van der Waals surface area contributed by atoms with Crippen molar-refractivity contribution in [1.29, 1.82) is 0 Å². The van der Waals surface area contributed by atoms with E-state index in [1.165, 1.54) is 24.4 Å². The van der Waals surface area contributed by atoms with Gasteiger partial charge < -0.3 is 10.1 Å². The van der Waals surface area contributed by atoms with E-state index in [9.17, 15) is 0 Å². The van der Waals surface area contributed by atoms with Gasteiger partial charge in [0.05, 0.1) is 0 Å². The lowest BCUT2D eigenvalue weighted by Gasteiger charge is -2.06. The Hall–Kier alpha value is -0.680. The van der Waals surface area contributed by atoms with Gasteiger partial charge in [-0.15, -0.1) is 0 Å². The first kappa shape index (κ1) is 9.86. The van der Waals surface area contributed by atoms with Gasteiger partial charge in [0.2, 0.25) is 5.13 Å². The Bertz CT molecular complexity index is 283. The van der Waals surface area contributed by atoms with Crippen molar-refractivity contribution in [1.82, 2.24) is 9.36 Å². The number of nitrogens with zero attached hydrogens (tertiary/aromatic N) is 2. The number of ether oxygens (including phenoxy) is 1. The Morgan fingerprint density at radius 3 is 3.21 bits per heavy atom. The van der Waals surface area contributed by atoms with Crippen LogP contribution in [0.4, 0.5) is 5.13 Å². The molecule has 0 aromatic carbocycles. The van der Waals surface area contributed by atoms with Gasteiger partial charge in [-0.25, -0.2) is 4.98 Å². The summed E-state index contributed by atoms with van der Waals surface area (Å²) in [6.07, 6.45) is 2.37. The number of nitrogens with one attached hydrogen (secondary N) is 1. The molecule has 1 unspecified atom stereocenters. The van der Waals surface area contributed by atoms with Gasteiger partial charge in [0.15, 0.2) is 0 Å². The summed E-state index contributed by atoms with van der Waals surface area (Å²) in [5.74, 6) is 1.58. The van der Waals surface area contributed by atoms with Crippen LogP contribution in [0.1, 0.15) is 18.7 Å². The molecule has 1 N–H and O–H groups in total. The minimum Gasteiger partial charge on any atom is -0.381 e. The summed E-state index contributed by atoms with van der Waals surface area (Å²) < 4.78 is 9.42. The molecule has 0 radical (unpaired) electrons. The second-order valence-corrected chi connectivity index (χ2v) is 4.34. The predicted octanol–water partition coefficient (Wildman–Crippen LogP) is 1.69. The fraction of sp³-hybridized carbons (Fsp3) is 0.778. The average Bonchev–Trinajstić information content (AvgIpc) is 2.77. The Morgan fingerprint density at radius 2 is 2.57 bits per heavy atom. The van der Waals surface area contributed by atoms with Crippen LogP contribution in [0.2, 0.25) is 0 Å². The van der Waals surface area contributed by atoms with Crippen molar-refractivity contribution >= 4 is 16.7 Å². The molecule has 1 aliphatic rings. The van der Waals surface area contributed by atoms with Crippen LogP contribution in [0, 0.1) is 12.8 Å². The Kier molecular flexibility index (Phi) is 3.31. The van der Waals surface area contributed by atoms with Crippen molar-refractivity contribution in [3.63, 3.8) is 0 Å². The summed E-state index contributed by atoms with van der Waals surface area (Å²) in [4.78, 5) is 4.24. The standard InChI is InChI=1S/C9H15N3OS/c1-7-11-9(14-12-7)10-4-2-8-3-5-13-6-8/h8H,2-6H2,1H3,(H,10,11,12).